The summed E-state index contributed by atoms with van der Waals surface area (Å²) >= 11 is 4.44. The molecule has 106 valence electrons. The van der Waals surface area contributed by atoms with Gasteiger partial charge in [-0.05, 0) is 41.9 Å². The first-order chi connectivity index (χ1) is 9.32. The molecule has 0 N–H and O–H groups in total. The second kappa shape index (κ2) is 5.45. The number of carbonyl (C=O) groups is 4. The van der Waals surface area contributed by atoms with Crippen molar-refractivity contribution in [1.82, 2.24) is 9.80 Å². The van der Waals surface area contributed by atoms with Crippen molar-refractivity contribution in [2.24, 2.45) is 0 Å². The van der Waals surface area contributed by atoms with Crippen LogP contribution in [-0.4, -0.2) is 46.0 Å². The molecule has 0 aromatic carbocycles. The lowest BCUT2D eigenvalue weighted by Gasteiger charge is -2.17. The monoisotopic (exact) mass is 358 g/mol. The Labute approximate surface area is 127 Å². The van der Waals surface area contributed by atoms with Crippen LogP contribution in [0.5, 0.6) is 0 Å². The Bertz CT molecular complexity index is 610. The molecular formula is C12H11BrN2O4S. The van der Waals surface area contributed by atoms with Gasteiger partial charge >= 0.3 is 17.8 Å². The summed E-state index contributed by atoms with van der Waals surface area (Å²) in [5.41, 5.74) is 0. The topological polar surface area (TPSA) is 74.8 Å². The molecule has 0 radical (unpaired) electrons. The highest BCUT2D eigenvalue weighted by Crippen LogP contribution is 2.23. The van der Waals surface area contributed by atoms with Gasteiger partial charge in [0.15, 0.2) is 5.78 Å². The van der Waals surface area contributed by atoms with Gasteiger partial charge in [-0.1, -0.05) is 0 Å². The van der Waals surface area contributed by atoms with E-state index in [4.69, 9.17) is 0 Å². The molecule has 1 fully saturated rings. The minimum Gasteiger partial charge on any atom is -0.291 e. The van der Waals surface area contributed by atoms with Gasteiger partial charge in [0.2, 0.25) is 0 Å². The van der Waals surface area contributed by atoms with Crippen LogP contribution >= 0.6 is 27.3 Å². The number of ketones is 1. The SMILES string of the molecule is CC(C)N1C(=O)C(=O)N(CC(=O)c2ccc(Br)s2)C1=O. The number of urea groups is 1. The predicted octanol–water partition coefficient (Wildman–Crippen LogP) is 1.89. The zero-order chi connectivity index (χ0) is 15.0. The molecule has 0 unspecified atom stereocenters. The standard InChI is InChI=1S/C12H11BrN2O4S/c1-6(2)15-11(18)10(17)14(12(15)19)5-7(16)8-3-4-9(13)20-8/h3-4,6H,5H2,1-2H3. The number of imide groups is 2. The highest BCUT2D eigenvalue weighted by atomic mass is 79.9. The number of carbonyl (C=O) groups excluding carboxylic acids is 4. The first-order valence-corrected chi connectivity index (χ1v) is 7.41. The van der Waals surface area contributed by atoms with E-state index in [1.165, 1.54) is 11.3 Å². The molecule has 4 amide bonds. The van der Waals surface area contributed by atoms with E-state index in [1.54, 1.807) is 26.0 Å². The molecule has 0 atom stereocenters. The van der Waals surface area contributed by atoms with Crippen molar-refractivity contribution in [2.75, 3.05) is 6.54 Å². The Kier molecular flexibility index (Phi) is 4.05. The average molecular weight is 359 g/mol. The number of thiophene rings is 1. The van der Waals surface area contributed by atoms with Crippen LogP contribution in [0.2, 0.25) is 0 Å². The van der Waals surface area contributed by atoms with Gasteiger partial charge in [-0.3, -0.25) is 19.3 Å². The first-order valence-electron chi connectivity index (χ1n) is 5.80. The number of hydrogen-bond donors (Lipinski definition) is 0. The number of rotatable bonds is 4. The third-order valence-electron chi connectivity index (χ3n) is 2.75. The smallest absolute Gasteiger partial charge is 0.291 e. The van der Waals surface area contributed by atoms with Gasteiger partial charge in [-0.2, -0.15) is 0 Å². The maximum absolute atomic E-state index is 12.0. The second-order valence-corrected chi connectivity index (χ2v) is 6.93. The van der Waals surface area contributed by atoms with Crippen LogP contribution in [0.15, 0.2) is 15.9 Å². The number of amides is 4. The molecule has 0 saturated carbocycles. The summed E-state index contributed by atoms with van der Waals surface area (Å²) in [6, 6.07) is 2.15. The number of Topliss-reactive ketones (excluding diaryl/α,β-unsaturated/α-hetero) is 1. The van der Waals surface area contributed by atoms with Crippen LogP contribution in [0.1, 0.15) is 23.5 Å². The fraction of sp³-hybridized carbons (Fsp3) is 0.333. The zero-order valence-electron chi connectivity index (χ0n) is 10.8. The van der Waals surface area contributed by atoms with E-state index in [0.29, 0.717) is 9.78 Å². The molecule has 6 nitrogen and oxygen atoms in total. The third-order valence-corrected chi connectivity index (χ3v) is 4.41. The quantitative estimate of drug-likeness (QED) is 0.468. The normalized spacial score (nSPS) is 15.7. The van der Waals surface area contributed by atoms with Crippen LogP contribution in [-0.2, 0) is 9.59 Å². The third kappa shape index (κ3) is 2.53. The van der Waals surface area contributed by atoms with Crippen LogP contribution < -0.4 is 0 Å². The second-order valence-electron chi connectivity index (χ2n) is 4.47. The molecule has 8 heteroatoms. The van der Waals surface area contributed by atoms with E-state index in [9.17, 15) is 19.2 Å². The van der Waals surface area contributed by atoms with Crippen molar-refractivity contribution in [2.45, 2.75) is 19.9 Å². The van der Waals surface area contributed by atoms with Crippen molar-refractivity contribution in [3.63, 3.8) is 0 Å². The average Bonchev–Trinajstić information content (AvgIpc) is 2.88. The lowest BCUT2D eigenvalue weighted by Crippen LogP contribution is -2.39. The van der Waals surface area contributed by atoms with Gasteiger partial charge in [0.1, 0.15) is 0 Å². The summed E-state index contributed by atoms with van der Waals surface area (Å²) in [7, 11) is 0. The zero-order valence-corrected chi connectivity index (χ0v) is 13.2. The summed E-state index contributed by atoms with van der Waals surface area (Å²) in [4.78, 5) is 49.4. The molecule has 1 aliphatic rings. The molecule has 0 spiro atoms. The van der Waals surface area contributed by atoms with Crippen LogP contribution in [0.25, 0.3) is 0 Å². The molecule has 1 aliphatic heterocycles. The lowest BCUT2D eigenvalue weighted by atomic mass is 10.3. The maximum Gasteiger partial charge on any atom is 0.334 e. The Morgan fingerprint density at radius 3 is 2.35 bits per heavy atom. The van der Waals surface area contributed by atoms with Crippen LogP contribution in [0.4, 0.5) is 4.79 Å². The van der Waals surface area contributed by atoms with E-state index in [-0.39, 0.29) is 5.78 Å². The van der Waals surface area contributed by atoms with Crippen molar-refractivity contribution >= 4 is 50.9 Å². The van der Waals surface area contributed by atoms with Gasteiger partial charge in [-0.25, -0.2) is 9.69 Å². The lowest BCUT2D eigenvalue weighted by molar-refractivity contribution is -0.143. The maximum atomic E-state index is 12.0. The summed E-state index contributed by atoms with van der Waals surface area (Å²) in [5, 5.41) is 0. The largest absolute Gasteiger partial charge is 0.334 e. The minimum atomic E-state index is -0.951. The highest BCUT2D eigenvalue weighted by molar-refractivity contribution is 9.11. The fourth-order valence-electron chi connectivity index (χ4n) is 1.80. The Balaban J connectivity index is 2.18. The van der Waals surface area contributed by atoms with E-state index >= 15 is 0 Å². The Morgan fingerprint density at radius 1 is 1.25 bits per heavy atom. The highest BCUT2D eigenvalue weighted by Gasteiger charge is 2.46. The van der Waals surface area contributed by atoms with Gasteiger partial charge in [0.05, 0.1) is 15.2 Å². The predicted molar refractivity (Wildman–Crippen MR) is 75.4 cm³/mol. The Morgan fingerprint density at radius 2 is 1.90 bits per heavy atom. The molecule has 20 heavy (non-hydrogen) atoms. The van der Waals surface area contributed by atoms with E-state index < -0.39 is 30.4 Å². The molecule has 1 saturated heterocycles. The molecule has 2 rings (SSSR count). The van der Waals surface area contributed by atoms with E-state index in [0.717, 1.165) is 8.69 Å². The molecule has 0 aliphatic carbocycles. The van der Waals surface area contributed by atoms with Crippen molar-refractivity contribution < 1.29 is 19.2 Å². The number of halogens is 1. The number of hydrogen-bond acceptors (Lipinski definition) is 5. The molecular weight excluding hydrogens is 348 g/mol. The summed E-state index contributed by atoms with van der Waals surface area (Å²) in [6.07, 6.45) is 0. The van der Waals surface area contributed by atoms with Gasteiger partial charge in [0.25, 0.3) is 0 Å². The summed E-state index contributed by atoms with van der Waals surface area (Å²) in [6.45, 7) is 2.84. The van der Waals surface area contributed by atoms with Crippen LogP contribution in [0.3, 0.4) is 0 Å². The van der Waals surface area contributed by atoms with Gasteiger partial charge in [0, 0.05) is 6.04 Å². The van der Waals surface area contributed by atoms with Crippen molar-refractivity contribution in [1.29, 1.82) is 0 Å². The summed E-state index contributed by atoms with van der Waals surface area (Å²) in [5.74, 6) is -2.21. The molecule has 1 aromatic rings. The van der Waals surface area contributed by atoms with Gasteiger partial charge in [-0.15, -0.1) is 11.3 Å². The molecule has 2 heterocycles. The van der Waals surface area contributed by atoms with Crippen molar-refractivity contribution in [3.8, 4) is 0 Å². The first kappa shape index (κ1) is 14.9. The van der Waals surface area contributed by atoms with Crippen molar-refractivity contribution in [3.05, 3.63) is 20.8 Å². The summed E-state index contributed by atoms with van der Waals surface area (Å²) < 4.78 is 0.778. The van der Waals surface area contributed by atoms with Gasteiger partial charge < -0.3 is 0 Å². The van der Waals surface area contributed by atoms with Crippen LogP contribution in [0, 0.1) is 0 Å². The molecule has 1 aromatic heterocycles. The fourth-order valence-corrected chi connectivity index (χ4v) is 3.12. The minimum absolute atomic E-state index is 0.374. The van der Waals surface area contributed by atoms with E-state index in [2.05, 4.69) is 15.9 Å². The Hall–Kier alpha value is -1.54. The number of nitrogens with zero attached hydrogens (tertiary/aromatic N) is 2. The molecule has 0 bridgehead atoms. The van der Waals surface area contributed by atoms with E-state index in [1.807, 2.05) is 0 Å².